The molecule has 2 atom stereocenters. The summed E-state index contributed by atoms with van der Waals surface area (Å²) in [6, 6.07) is 0. The SMILES string of the molecule is CN1CCC2OCCC2C1. The number of fused-ring (bicyclic) bond motifs is 1. The summed E-state index contributed by atoms with van der Waals surface area (Å²) in [5, 5.41) is 0. The maximum absolute atomic E-state index is 5.58. The van der Waals surface area contributed by atoms with E-state index in [-0.39, 0.29) is 0 Å². The molecule has 0 aliphatic carbocycles. The van der Waals surface area contributed by atoms with Crippen LogP contribution in [-0.2, 0) is 4.74 Å². The van der Waals surface area contributed by atoms with E-state index in [4.69, 9.17) is 4.74 Å². The number of hydrogen-bond acceptors (Lipinski definition) is 2. The molecule has 0 bridgehead atoms. The number of hydrogen-bond donors (Lipinski definition) is 0. The number of likely N-dealkylation sites (tertiary alicyclic amines) is 1. The summed E-state index contributed by atoms with van der Waals surface area (Å²) in [6.07, 6.45) is 3.15. The van der Waals surface area contributed by atoms with Gasteiger partial charge in [0.15, 0.2) is 0 Å². The van der Waals surface area contributed by atoms with Gasteiger partial charge in [0.25, 0.3) is 0 Å². The Bertz CT molecular complexity index is 126. The molecule has 2 aliphatic heterocycles. The second-order valence-electron chi connectivity index (χ2n) is 3.51. The van der Waals surface area contributed by atoms with Crippen LogP contribution in [0.5, 0.6) is 0 Å². The molecule has 0 spiro atoms. The lowest BCUT2D eigenvalue weighted by Crippen LogP contribution is -2.38. The Kier molecular flexibility index (Phi) is 1.66. The highest BCUT2D eigenvalue weighted by Crippen LogP contribution is 2.27. The molecule has 0 amide bonds. The molecular weight excluding hydrogens is 126 g/mol. The molecule has 2 rings (SSSR count). The molecule has 0 aromatic rings. The van der Waals surface area contributed by atoms with Gasteiger partial charge in [-0.05, 0) is 19.9 Å². The van der Waals surface area contributed by atoms with Crippen LogP contribution < -0.4 is 0 Å². The van der Waals surface area contributed by atoms with Gasteiger partial charge in [-0.15, -0.1) is 0 Å². The van der Waals surface area contributed by atoms with Crippen LogP contribution in [0, 0.1) is 5.92 Å². The Balaban J connectivity index is 1.96. The Morgan fingerprint density at radius 3 is 3.20 bits per heavy atom. The number of rotatable bonds is 0. The van der Waals surface area contributed by atoms with E-state index in [1.165, 1.54) is 25.9 Å². The fourth-order valence-corrected chi connectivity index (χ4v) is 2.06. The number of ether oxygens (including phenoxy) is 1. The zero-order valence-corrected chi connectivity index (χ0v) is 6.55. The van der Waals surface area contributed by atoms with E-state index in [9.17, 15) is 0 Å². The molecule has 2 unspecified atom stereocenters. The third kappa shape index (κ3) is 1.06. The van der Waals surface area contributed by atoms with Crippen molar-refractivity contribution in [3.05, 3.63) is 0 Å². The van der Waals surface area contributed by atoms with Crippen molar-refractivity contribution < 1.29 is 4.74 Å². The van der Waals surface area contributed by atoms with Crippen LogP contribution in [0.25, 0.3) is 0 Å². The maximum Gasteiger partial charge on any atom is 0.0628 e. The van der Waals surface area contributed by atoms with Crippen molar-refractivity contribution in [1.29, 1.82) is 0 Å². The van der Waals surface area contributed by atoms with E-state index in [2.05, 4.69) is 11.9 Å². The lowest BCUT2D eigenvalue weighted by Gasteiger charge is -2.31. The van der Waals surface area contributed by atoms with Crippen LogP contribution in [-0.4, -0.2) is 37.7 Å². The van der Waals surface area contributed by atoms with Gasteiger partial charge in [0.2, 0.25) is 0 Å². The molecule has 0 radical (unpaired) electrons. The molecule has 0 aromatic heterocycles. The fraction of sp³-hybridized carbons (Fsp3) is 1.00. The highest BCUT2D eigenvalue weighted by molar-refractivity contribution is 4.83. The highest BCUT2D eigenvalue weighted by Gasteiger charge is 2.32. The Morgan fingerprint density at radius 2 is 2.30 bits per heavy atom. The third-order valence-corrected chi connectivity index (χ3v) is 2.69. The van der Waals surface area contributed by atoms with E-state index in [0.29, 0.717) is 6.10 Å². The first-order valence-corrected chi connectivity index (χ1v) is 4.16. The van der Waals surface area contributed by atoms with Crippen molar-refractivity contribution in [1.82, 2.24) is 4.90 Å². The molecule has 2 nitrogen and oxygen atoms in total. The van der Waals surface area contributed by atoms with Gasteiger partial charge in [0, 0.05) is 25.6 Å². The van der Waals surface area contributed by atoms with E-state index in [1.807, 2.05) is 0 Å². The molecule has 2 fully saturated rings. The molecule has 2 aliphatic rings. The monoisotopic (exact) mass is 141 g/mol. The van der Waals surface area contributed by atoms with Crippen molar-refractivity contribution in [3.63, 3.8) is 0 Å². The first-order valence-electron chi connectivity index (χ1n) is 4.16. The Hall–Kier alpha value is -0.0800. The van der Waals surface area contributed by atoms with Gasteiger partial charge in [0.05, 0.1) is 6.10 Å². The molecule has 0 N–H and O–H groups in total. The lowest BCUT2D eigenvalue weighted by molar-refractivity contribution is 0.0428. The lowest BCUT2D eigenvalue weighted by atomic mass is 9.95. The quantitative estimate of drug-likeness (QED) is 0.493. The van der Waals surface area contributed by atoms with Gasteiger partial charge in [0.1, 0.15) is 0 Å². The van der Waals surface area contributed by atoms with Crippen LogP contribution in [0.2, 0.25) is 0 Å². The van der Waals surface area contributed by atoms with Gasteiger partial charge in [-0.1, -0.05) is 0 Å². The van der Waals surface area contributed by atoms with Crippen molar-refractivity contribution in [2.75, 3.05) is 26.7 Å². The number of piperidine rings is 1. The summed E-state index contributed by atoms with van der Waals surface area (Å²) >= 11 is 0. The first-order chi connectivity index (χ1) is 4.86. The van der Waals surface area contributed by atoms with E-state index >= 15 is 0 Å². The van der Waals surface area contributed by atoms with Crippen LogP contribution in [0.3, 0.4) is 0 Å². The van der Waals surface area contributed by atoms with Crippen molar-refractivity contribution in [2.24, 2.45) is 5.92 Å². The minimum absolute atomic E-state index is 0.608. The fourth-order valence-electron chi connectivity index (χ4n) is 2.06. The summed E-state index contributed by atoms with van der Waals surface area (Å²) in [7, 11) is 2.20. The molecule has 2 saturated heterocycles. The zero-order chi connectivity index (χ0) is 6.97. The Morgan fingerprint density at radius 1 is 1.40 bits per heavy atom. The van der Waals surface area contributed by atoms with Crippen LogP contribution >= 0.6 is 0 Å². The summed E-state index contributed by atoms with van der Waals surface area (Å²) in [5.41, 5.74) is 0. The van der Waals surface area contributed by atoms with Gasteiger partial charge < -0.3 is 9.64 Å². The van der Waals surface area contributed by atoms with Crippen molar-refractivity contribution in [3.8, 4) is 0 Å². The normalized spacial score (nSPS) is 41.7. The van der Waals surface area contributed by atoms with Gasteiger partial charge in [-0.2, -0.15) is 0 Å². The highest BCUT2D eigenvalue weighted by atomic mass is 16.5. The van der Waals surface area contributed by atoms with Crippen molar-refractivity contribution >= 4 is 0 Å². The number of nitrogens with zero attached hydrogens (tertiary/aromatic N) is 1. The summed E-state index contributed by atoms with van der Waals surface area (Å²) in [6.45, 7) is 3.48. The van der Waals surface area contributed by atoms with Crippen LogP contribution in [0.4, 0.5) is 0 Å². The summed E-state index contributed by atoms with van der Waals surface area (Å²) < 4.78 is 5.58. The molecule has 2 heterocycles. The van der Waals surface area contributed by atoms with Gasteiger partial charge in [-0.25, -0.2) is 0 Å². The minimum Gasteiger partial charge on any atom is -0.378 e. The van der Waals surface area contributed by atoms with Crippen LogP contribution in [0.1, 0.15) is 12.8 Å². The second kappa shape index (κ2) is 2.51. The standard InChI is InChI=1S/C8H15NO/c1-9-4-2-8-7(6-9)3-5-10-8/h7-8H,2-6H2,1H3. The van der Waals surface area contributed by atoms with Crippen LogP contribution in [0.15, 0.2) is 0 Å². The molecule has 0 aromatic carbocycles. The van der Waals surface area contributed by atoms with Gasteiger partial charge in [-0.3, -0.25) is 0 Å². The predicted molar refractivity (Wildman–Crippen MR) is 40.0 cm³/mol. The van der Waals surface area contributed by atoms with Gasteiger partial charge >= 0.3 is 0 Å². The Labute approximate surface area is 62.2 Å². The molecule has 0 saturated carbocycles. The molecular formula is C8H15NO. The molecule has 2 heteroatoms. The summed E-state index contributed by atoms with van der Waals surface area (Å²) in [4.78, 5) is 2.41. The summed E-state index contributed by atoms with van der Waals surface area (Å²) in [5.74, 6) is 0.846. The molecule has 10 heavy (non-hydrogen) atoms. The maximum atomic E-state index is 5.58. The molecule has 58 valence electrons. The largest absolute Gasteiger partial charge is 0.378 e. The smallest absolute Gasteiger partial charge is 0.0628 e. The van der Waals surface area contributed by atoms with E-state index < -0.39 is 0 Å². The first kappa shape index (κ1) is 6.62. The third-order valence-electron chi connectivity index (χ3n) is 2.69. The topological polar surface area (TPSA) is 12.5 Å². The second-order valence-corrected chi connectivity index (χ2v) is 3.51. The minimum atomic E-state index is 0.608. The van der Waals surface area contributed by atoms with E-state index in [1.54, 1.807) is 0 Å². The van der Waals surface area contributed by atoms with E-state index in [0.717, 1.165) is 12.5 Å². The average molecular weight is 141 g/mol. The average Bonchev–Trinajstić information content (AvgIpc) is 2.33. The van der Waals surface area contributed by atoms with Crippen molar-refractivity contribution in [2.45, 2.75) is 18.9 Å². The zero-order valence-electron chi connectivity index (χ0n) is 6.55. The predicted octanol–water partition coefficient (Wildman–Crippen LogP) is 0.727.